The molecule has 0 spiro atoms. The van der Waals surface area contributed by atoms with Gasteiger partial charge in [-0.3, -0.25) is 0 Å². The minimum Gasteiger partial charge on any atom is -0.320 e. The Morgan fingerprint density at radius 3 is 2.38 bits per heavy atom. The van der Waals surface area contributed by atoms with E-state index in [2.05, 4.69) is 54.8 Å². The van der Waals surface area contributed by atoms with Crippen molar-refractivity contribution in [1.29, 1.82) is 0 Å². The Morgan fingerprint density at radius 2 is 1.75 bits per heavy atom. The summed E-state index contributed by atoms with van der Waals surface area (Å²) in [6.07, 6.45) is 1.18. The van der Waals surface area contributed by atoms with E-state index in [9.17, 15) is 0 Å². The molecule has 0 radical (unpaired) electrons. The van der Waals surface area contributed by atoms with Gasteiger partial charge in [0.15, 0.2) is 0 Å². The fraction of sp³-hybridized carbons (Fsp3) is 0.571. The zero-order valence-electron chi connectivity index (χ0n) is 10.7. The molecule has 0 saturated heterocycles. The van der Waals surface area contributed by atoms with Crippen LogP contribution >= 0.6 is 0 Å². The average molecular weight is 220 g/mol. The highest BCUT2D eigenvalue weighted by Crippen LogP contribution is 2.21. The Hall–Kier alpha value is -0.860. The van der Waals surface area contributed by atoms with Gasteiger partial charge in [-0.15, -0.1) is 0 Å². The first-order valence-corrected chi connectivity index (χ1v) is 6.07. The maximum atomic E-state index is 3.52. The third-order valence-corrected chi connectivity index (χ3v) is 2.90. The zero-order chi connectivity index (χ0) is 11.9. The van der Waals surface area contributed by atoms with Gasteiger partial charge in [-0.05, 0) is 32.1 Å². The molecule has 16 heavy (non-hydrogen) atoms. The normalized spacial score (nSPS) is 11.7. The highest BCUT2D eigenvalue weighted by Gasteiger charge is 2.19. The van der Waals surface area contributed by atoms with Crippen LogP contribution in [0.5, 0.6) is 0 Å². The summed E-state index contributed by atoms with van der Waals surface area (Å²) in [4.78, 5) is 0. The van der Waals surface area contributed by atoms with E-state index in [4.69, 9.17) is 0 Å². The van der Waals surface area contributed by atoms with Gasteiger partial charge in [0.05, 0.1) is 0 Å². The molecule has 0 aromatic heterocycles. The predicted molar refractivity (Wildman–Crippen MR) is 70.9 cm³/mol. The molecule has 0 amide bonds. The van der Waals surface area contributed by atoms with Crippen molar-refractivity contribution in [3.63, 3.8) is 0 Å². The Kier molecular flexibility index (Phi) is 5.50. The highest BCUT2D eigenvalue weighted by atomic mass is 14.9. The molecular formula is C14H24N2. The van der Waals surface area contributed by atoms with Gasteiger partial charge in [-0.25, -0.2) is 0 Å². The Bertz CT molecular complexity index is 280. The van der Waals surface area contributed by atoms with E-state index in [1.54, 1.807) is 0 Å². The molecule has 0 bridgehead atoms. The molecule has 2 nitrogen and oxygen atoms in total. The fourth-order valence-electron chi connectivity index (χ4n) is 1.78. The molecule has 0 fully saturated rings. The Balaban J connectivity index is 2.35. The van der Waals surface area contributed by atoms with Crippen molar-refractivity contribution in [2.75, 3.05) is 26.7 Å². The van der Waals surface area contributed by atoms with Gasteiger partial charge in [-0.2, -0.15) is 0 Å². The number of benzene rings is 1. The third kappa shape index (κ3) is 4.33. The minimum atomic E-state index is 0.209. The van der Waals surface area contributed by atoms with Crippen LogP contribution in [0.2, 0.25) is 0 Å². The second kappa shape index (κ2) is 6.66. The monoisotopic (exact) mass is 220 g/mol. The second-order valence-electron chi connectivity index (χ2n) is 4.88. The quantitative estimate of drug-likeness (QED) is 0.688. The summed E-state index contributed by atoms with van der Waals surface area (Å²) in [6.45, 7) is 7.76. The molecule has 2 N–H and O–H groups in total. The van der Waals surface area contributed by atoms with Crippen molar-refractivity contribution in [1.82, 2.24) is 10.6 Å². The number of nitrogens with one attached hydrogen (secondary N) is 2. The van der Waals surface area contributed by atoms with E-state index in [0.717, 1.165) is 19.6 Å². The van der Waals surface area contributed by atoms with Gasteiger partial charge in [0.25, 0.3) is 0 Å². The third-order valence-electron chi connectivity index (χ3n) is 2.90. The molecule has 0 saturated carbocycles. The van der Waals surface area contributed by atoms with E-state index in [1.165, 1.54) is 12.0 Å². The summed E-state index contributed by atoms with van der Waals surface area (Å²) in [6, 6.07) is 10.7. The molecule has 0 atom stereocenters. The van der Waals surface area contributed by atoms with Crippen LogP contribution < -0.4 is 10.6 Å². The number of hydrogen-bond acceptors (Lipinski definition) is 2. The molecule has 0 aliphatic rings. The first-order valence-electron chi connectivity index (χ1n) is 6.07. The zero-order valence-corrected chi connectivity index (χ0v) is 10.7. The fourth-order valence-corrected chi connectivity index (χ4v) is 1.78. The van der Waals surface area contributed by atoms with Crippen LogP contribution in [0.25, 0.3) is 0 Å². The molecule has 1 aromatic carbocycles. The number of rotatable bonds is 7. The van der Waals surface area contributed by atoms with E-state index in [1.807, 2.05) is 7.05 Å². The lowest BCUT2D eigenvalue weighted by Gasteiger charge is -2.25. The first-order chi connectivity index (χ1) is 7.67. The van der Waals surface area contributed by atoms with E-state index < -0.39 is 0 Å². The van der Waals surface area contributed by atoms with E-state index >= 15 is 0 Å². The molecular weight excluding hydrogens is 196 g/mol. The van der Waals surface area contributed by atoms with Crippen LogP contribution in [0.1, 0.15) is 25.8 Å². The second-order valence-corrected chi connectivity index (χ2v) is 4.88. The lowest BCUT2D eigenvalue weighted by atomic mass is 9.84. The average Bonchev–Trinajstić information content (AvgIpc) is 2.30. The standard InChI is InChI=1S/C14H24N2/c1-14(2,12-16-11-7-10-15-3)13-8-5-4-6-9-13/h4-6,8-9,15-16H,7,10-12H2,1-3H3. The number of hydrogen-bond donors (Lipinski definition) is 2. The molecule has 2 heteroatoms. The predicted octanol–water partition coefficient (Wildman–Crippen LogP) is 2.16. The van der Waals surface area contributed by atoms with Gasteiger partial charge < -0.3 is 10.6 Å². The Labute approximate surface area is 99.5 Å². The summed E-state index contributed by atoms with van der Waals surface area (Å²) >= 11 is 0. The molecule has 90 valence electrons. The summed E-state index contributed by atoms with van der Waals surface area (Å²) < 4.78 is 0. The maximum absolute atomic E-state index is 3.52. The lowest BCUT2D eigenvalue weighted by molar-refractivity contribution is 0.464. The summed E-state index contributed by atoms with van der Waals surface area (Å²) in [5.41, 5.74) is 1.61. The Morgan fingerprint density at radius 1 is 1.06 bits per heavy atom. The first kappa shape index (κ1) is 13.2. The maximum Gasteiger partial charge on any atom is 0.00431 e. The van der Waals surface area contributed by atoms with Gasteiger partial charge in [-0.1, -0.05) is 44.2 Å². The molecule has 1 aromatic rings. The van der Waals surface area contributed by atoms with Crippen molar-refractivity contribution in [3.05, 3.63) is 35.9 Å². The molecule has 0 aliphatic heterocycles. The van der Waals surface area contributed by atoms with Crippen LogP contribution in [0.3, 0.4) is 0 Å². The van der Waals surface area contributed by atoms with Gasteiger partial charge >= 0.3 is 0 Å². The smallest absolute Gasteiger partial charge is 0.00431 e. The van der Waals surface area contributed by atoms with Gasteiger partial charge in [0.2, 0.25) is 0 Å². The topological polar surface area (TPSA) is 24.1 Å². The highest BCUT2D eigenvalue weighted by molar-refractivity contribution is 5.23. The van der Waals surface area contributed by atoms with E-state index in [0.29, 0.717) is 0 Å². The SMILES string of the molecule is CNCCCNCC(C)(C)c1ccccc1. The largest absolute Gasteiger partial charge is 0.320 e. The van der Waals surface area contributed by atoms with Crippen molar-refractivity contribution in [3.8, 4) is 0 Å². The van der Waals surface area contributed by atoms with Crippen molar-refractivity contribution in [2.24, 2.45) is 0 Å². The summed E-state index contributed by atoms with van der Waals surface area (Å²) in [5.74, 6) is 0. The molecule has 0 unspecified atom stereocenters. The van der Waals surface area contributed by atoms with Crippen LogP contribution in [-0.4, -0.2) is 26.7 Å². The van der Waals surface area contributed by atoms with Crippen LogP contribution in [-0.2, 0) is 5.41 Å². The van der Waals surface area contributed by atoms with Crippen LogP contribution in [0.4, 0.5) is 0 Å². The minimum absolute atomic E-state index is 0.209. The summed E-state index contributed by atoms with van der Waals surface area (Å²) in [5, 5.41) is 6.68. The van der Waals surface area contributed by atoms with Crippen molar-refractivity contribution < 1.29 is 0 Å². The van der Waals surface area contributed by atoms with E-state index in [-0.39, 0.29) is 5.41 Å². The van der Waals surface area contributed by atoms with Gasteiger partial charge in [0, 0.05) is 12.0 Å². The van der Waals surface area contributed by atoms with Crippen molar-refractivity contribution >= 4 is 0 Å². The van der Waals surface area contributed by atoms with Gasteiger partial charge in [0.1, 0.15) is 0 Å². The molecule has 1 rings (SSSR count). The van der Waals surface area contributed by atoms with Crippen molar-refractivity contribution in [2.45, 2.75) is 25.7 Å². The lowest BCUT2D eigenvalue weighted by Crippen LogP contribution is -2.34. The van der Waals surface area contributed by atoms with Crippen LogP contribution in [0, 0.1) is 0 Å². The van der Waals surface area contributed by atoms with Crippen LogP contribution in [0.15, 0.2) is 30.3 Å². The molecule has 0 aliphatic carbocycles. The molecule has 0 heterocycles. The summed E-state index contributed by atoms with van der Waals surface area (Å²) in [7, 11) is 1.99.